The highest BCUT2D eigenvalue weighted by atomic mass is 16.2. The smallest absolute Gasteiger partial charge is 0.274 e. The SMILES string of the molecule is C[C@H]1C[C@@H](C(=O)Nc2cccn(C)c2=O)CCN1. The summed E-state index contributed by atoms with van der Waals surface area (Å²) in [6, 6.07) is 3.75. The summed E-state index contributed by atoms with van der Waals surface area (Å²) in [5, 5.41) is 6.05. The average Bonchev–Trinajstić information content (AvgIpc) is 2.35. The Balaban J connectivity index is 2.07. The minimum Gasteiger partial charge on any atom is -0.321 e. The van der Waals surface area contributed by atoms with Crippen molar-refractivity contribution >= 4 is 11.6 Å². The van der Waals surface area contributed by atoms with Crippen LogP contribution in [0.2, 0.25) is 0 Å². The number of aromatic nitrogens is 1. The van der Waals surface area contributed by atoms with Gasteiger partial charge in [-0.2, -0.15) is 0 Å². The van der Waals surface area contributed by atoms with E-state index in [1.165, 1.54) is 4.57 Å². The predicted molar refractivity (Wildman–Crippen MR) is 70.5 cm³/mol. The Bertz CT molecular complexity index is 495. The molecule has 0 aliphatic carbocycles. The number of pyridine rings is 1. The number of amides is 1. The molecule has 0 saturated carbocycles. The fourth-order valence-corrected chi connectivity index (χ4v) is 2.30. The van der Waals surface area contributed by atoms with Crippen molar-refractivity contribution in [1.29, 1.82) is 0 Å². The molecule has 1 fully saturated rings. The van der Waals surface area contributed by atoms with E-state index >= 15 is 0 Å². The quantitative estimate of drug-likeness (QED) is 0.811. The summed E-state index contributed by atoms with van der Waals surface area (Å²) in [6.45, 7) is 2.92. The largest absolute Gasteiger partial charge is 0.321 e. The molecule has 5 heteroatoms. The second-order valence-corrected chi connectivity index (χ2v) is 4.90. The highest BCUT2D eigenvalue weighted by Crippen LogP contribution is 2.17. The van der Waals surface area contributed by atoms with Gasteiger partial charge in [0.25, 0.3) is 5.56 Å². The molecule has 5 nitrogen and oxygen atoms in total. The van der Waals surface area contributed by atoms with Crippen molar-refractivity contribution in [2.45, 2.75) is 25.8 Å². The molecule has 1 aliphatic heterocycles. The normalized spacial score (nSPS) is 23.7. The number of hydrogen-bond donors (Lipinski definition) is 2. The van der Waals surface area contributed by atoms with Crippen molar-refractivity contribution in [3.63, 3.8) is 0 Å². The molecule has 2 N–H and O–H groups in total. The van der Waals surface area contributed by atoms with Crippen LogP contribution in [0.15, 0.2) is 23.1 Å². The Morgan fingerprint density at radius 2 is 2.33 bits per heavy atom. The van der Waals surface area contributed by atoms with Crippen LogP contribution in [0.1, 0.15) is 19.8 Å². The summed E-state index contributed by atoms with van der Waals surface area (Å²) in [6.07, 6.45) is 3.31. The highest BCUT2D eigenvalue weighted by Gasteiger charge is 2.25. The van der Waals surface area contributed by atoms with Crippen LogP contribution in [0.25, 0.3) is 0 Å². The fraction of sp³-hybridized carbons (Fsp3) is 0.538. The lowest BCUT2D eigenvalue weighted by Gasteiger charge is -2.27. The molecule has 0 unspecified atom stereocenters. The van der Waals surface area contributed by atoms with Gasteiger partial charge in [-0.15, -0.1) is 0 Å². The van der Waals surface area contributed by atoms with Crippen LogP contribution in [0.4, 0.5) is 5.69 Å². The first-order valence-electron chi connectivity index (χ1n) is 6.28. The molecule has 2 rings (SSSR count). The standard InChI is InChI=1S/C13H19N3O2/c1-9-8-10(5-6-14-9)12(17)15-11-4-3-7-16(2)13(11)18/h3-4,7,9-10,14H,5-6,8H2,1-2H3,(H,15,17)/t9-,10-/m0/s1. The summed E-state index contributed by atoms with van der Waals surface area (Å²) >= 11 is 0. The molecule has 1 amide bonds. The van der Waals surface area contributed by atoms with E-state index in [0.717, 1.165) is 19.4 Å². The van der Waals surface area contributed by atoms with E-state index in [0.29, 0.717) is 11.7 Å². The maximum atomic E-state index is 12.1. The monoisotopic (exact) mass is 249 g/mol. The van der Waals surface area contributed by atoms with Crippen LogP contribution < -0.4 is 16.2 Å². The van der Waals surface area contributed by atoms with Crippen molar-refractivity contribution < 1.29 is 4.79 Å². The van der Waals surface area contributed by atoms with Gasteiger partial charge >= 0.3 is 0 Å². The summed E-state index contributed by atoms with van der Waals surface area (Å²) in [7, 11) is 1.67. The van der Waals surface area contributed by atoms with Crippen LogP contribution in [0.3, 0.4) is 0 Å². The van der Waals surface area contributed by atoms with Crippen LogP contribution in [0.5, 0.6) is 0 Å². The first-order chi connectivity index (χ1) is 8.58. The molecule has 1 aliphatic rings. The van der Waals surface area contributed by atoms with Crippen LogP contribution >= 0.6 is 0 Å². The number of nitrogens with zero attached hydrogens (tertiary/aromatic N) is 1. The second-order valence-electron chi connectivity index (χ2n) is 4.90. The number of hydrogen-bond acceptors (Lipinski definition) is 3. The van der Waals surface area contributed by atoms with Crippen molar-refractivity contribution in [3.8, 4) is 0 Å². The minimum atomic E-state index is -0.173. The van der Waals surface area contributed by atoms with Gasteiger partial charge in [0.05, 0.1) is 0 Å². The molecule has 1 aromatic rings. The van der Waals surface area contributed by atoms with Crippen molar-refractivity contribution in [3.05, 3.63) is 28.7 Å². The third-order valence-electron chi connectivity index (χ3n) is 3.38. The molecule has 0 aromatic carbocycles. The van der Waals surface area contributed by atoms with E-state index in [1.807, 2.05) is 0 Å². The first-order valence-corrected chi connectivity index (χ1v) is 6.28. The minimum absolute atomic E-state index is 0.00818. The van der Waals surface area contributed by atoms with Gasteiger partial charge in [0.1, 0.15) is 5.69 Å². The lowest BCUT2D eigenvalue weighted by Crippen LogP contribution is -2.40. The maximum Gasteiger partial charge on any atom is 0.274 e. The zero-order valence-electron chi connectivity index (χ0n) is 10.8. The lowest BCUT2D eigenvalue weighted by atomic mass is 9.92. The van der Waals surface area contributed by atoms with Gasteiger partial charge in [-0.3, -0.25) is 9.59 Å². The van der Waals surface area contributed by atoms with Gasteiger partial charge in [0.15, 0.2) is 0 Å². The summed E-state index contributed by atoms with van der Waals surface area (Å²) in [4.78, 5) is 23.9. The van der Waals surface area contributed by atoms with Crippen LogP contribution in [-0.4, -0.2) is 23.1 Å². The van der Waals surface area contributed by atoms with E-state index in [-0.39, 0.29) is 17.4 Å². The molecular formula is C13H19N3O2. The van der Waals surface area contributed by atoms with Gasteiger partial charge < -0.3 is 15.2 Å². The molecule has 2 heterocycles. The summed E-state index contributed by atoms with van der Waals surface area (Å²) < 4.78 is 1.46. The van der Waals surface area contributed by atoms with Crippen molar-refractivity contribution in [1.82, 2.24) is 9.88 Å². The third-order valence-corrected chi connectivity index (χ3v) is 3.38. The number of piperidine rings is 1. The van der Waals surface area contributed by atoms with Gasteiger partial charge in [-0.25, -0.2) is 0 Å². The van der Waals surface area contributed by atoms with Gasteiger partial charge in [0.2, 0.25) is 5.91 Å². The Kier molecular flexibility index (Phi) is 3.81. The Labute approximate surface area is 106 Å². The van der Waals surface area contributed by atoms with E-state index in [1.54, 1.807) is 25.4 Å². The highest BCUT2D eigenvalue weighted by molar-refractivity contribution is 5.92. The number of rotatable bonds is 2. The van der Waals surface area contributed by atoms with Gasteiger partial charge in [0, 0.05) is 25.2 Å². The molecule has 0 radical (unpaired) electrons. The Morgan fingerprint density at radius 3 is 3.06 bits per heavy atom. The van der Waals surface area contributed by atoms with E-state index < -0.39 is 0 Å². The molecule has 18 heavy (non-hydrogen) atoms. The van der Waals surface area contributed by atoms with E-state index in [2.05, 4.69) is 17.6 Å². The second kappa shape index (κ2) is 5.35. The lowest BCUT2D eigenvalue weighted by molar-refractivity contribution is -0.120. The molecule has 1 saturated heterocycles. The number of anilines is 1. The third kappa shape index (κ3) is 2.79. The number of carbonyl (C=O) groups is 1. The number of nitrogens with one attached hydrogen (secondary N) is 2. The first kappa shape index (κ1) is 12.8. The van der Waals surface area contributed by atoms with Crippen molar-refractivity contribution in [2.24, 2.45) is 13.0 Å². The van der Waals surface area contributed by atoms with E-state index in [9.17, 15) is 9.59 Å². The average molecular weight is 249 g/mol. The van der Waals surface area contributed by atoms with Crippen LogP contribution in [0, 0.1) is 5.92 Å². The summed E-state index contributed by atoms with van der Waals surface area (Å²) in [5.41, 5.74) is 0.184. The predicted octanol–water partition coefficient (Wildman–Crippen LogP) is 0.712. The van der Waals surface area contributed by atoms with Crippen LogP contribution in [-0.2, 0) is 11.8 Å². The topological polar surface area (TPSA) is 63.1 Å². The zero-order chi connectivity index (χ0) is 13.1. The molecule has 0 spiro atoms. The van der Waals surface area contributed by atoms with Gasteiger partial charge in [-0.1, -0.05) is 0 Å². The molecule has 0 bridgehead atoms. The van der Waals surface area contributed by atoms with Crippen molar-refractivity contribution in [2.75, 3.05) is 11.9 Å². The summed E-state index contributed by atoms with van der Waals surface area (Å²) in [5.74, 6) is -0.0576. The zero-order valence-corrected chi connectivity index (χ0v) is 10.8. The number of carbonyl (C=O) groups excluding carboxylic acids is 1. The fourth-order valence-electron chi connectivity index (χ4n) is 2.30. The molecular weight excluding hydrogens is 230 g/mol. The molecule has 2 atom stereocenters. The van der Waals surface area contributed by atoms with E-state index in [4.69, 9.17) is 0 Å². The maximum absolute atomic E-state index is 12.1. The Morgan fingerprint density at radius 1 is 1.56 bits per heavy atom. The Hall–Kier alpha value is -1.62. The molecule has 1 aromatic heterocycles. The van der Waals surface area contributed by atoms with Gasteiger partial charge in [-0.05, 0) is 38.4 Å². The molecule has 98 valence electrons. The number of aryl methyl sites for hydroxylation is 1.